The number of nitrogens with one attached hydrogen (secondary N) is 1. The Labute approximate surface area is 137 Å². The van der Waals surface area contributed by atoms with Gasteiger partial charge in [-0.15, -0.1) is 10.2 Å². The molecule has 0 radical (unpaired) electrons. The van der Waals surface area contributed by atoms with Gasteiger partial charge in [0.2, 0.25) is 0 Å². The van der Waals surface area contributed by atoms with Gasteiger partial charge in [0.25, 0.3) is 0 Å². The molecule has 1 aliphatic rings. The first-order chi connectivity index (χ1) is 11.1. The first kappa shape index (κ1) is 15.6. The molecular formula is C15H14ClF2N5. The summed E-state index contributed by atoms with van der Waals surface area (Å²) in [5, 5.41) is 12.0. The summed E-state index contributed by atoms with van der Waals surface area (Å²) in [6.07, 6.45) is 3.48. The van der Waals surface area contributed by atoms with E-state index in [0.29, 0.717) is 11.0 Å². The van der Waals surface area contributed by atoms with Gasteiger partial charge >= 0.3 is 0 Å². The maximum Gasteiger partial charge on any atom is 0.175 e. The van der Waals surface area contributed by atoms with Gasteiger partial charge in [-0.2, -0.15) is 5.10 Å². The molecule has 5 nitrogen and oxygen atoms in total. The quantitative estimate of drug-likeness (QED) is 0.686. The minimum atomic E-state index is -0.685. The third-order valence-electron chi connectivity index (χ3n) is 3.52. The van der Waals surface area contributed by atoms with Crippen molar-refractivity contribution in [2.75, 3.05) is 23.4 Å². The van der Waals surface area contributed by atoms with Crippen molar-refractivity contribution in [2.45, 2.75) is 12.8 Å². The summed E-state index contributed by atoms with van der Waals surface area (Å²) in [6, 6.07) is 5.02. The molecule has 1 N–H and O–H groups in total. The number of anilines is 2. The molecule has 2 heterocycles. The van der Waals surface area contributed by atoms with Crippen LogP contribution in [0.15, 0.2) is 29.4 Å². The normalized spacial score (nSPS) is 14.7. The highest BCUT2D eigenvalue weighted by Gasteiger charge is 2.17. The molecule has 23 heavy (non-hydrogen) atoms. The molecule has 1 aromatic carbocycles. The van der Waals surface area contributed by atoms with Gasteiger partial charge in [0, 0.05) is 30.8 Å². The van der Waals surface area contributed by atoms with Gasteiger partial charge in [-0.05, 0) is 25.0 Å². The lowest BCUT2D eigenvalue weighted by Gasteiger charge is -2.18. The summed E-state index contributed by atoms with van der Waals surface area (Å²) in [4.78, 5) is 2.13. The molecule has 0 saturated carbocycles. The van der Waals surface area contributed by atoms with E-state index in [0.717, 1.165) is 43.8 Å². The van der Waals surface area contributed by atoms with Crippen molar-refractivity contribution in [2.24, 2.45) is 5.10 Å². The molecule has 1 fully saturated rings. The number of benzene rings is 1. The lowest BCUT2D eigenvalue weighted by Crippen LogP contribution is -2.18. The summed E-state index contributed by atoms with van der Waals surface area (Å²) in [5.41, 5.74) is 3.64. The average Bonchev–Trinajstić information content (AvgIpc) is 3.05. The second-order valence-electron chi connectivity index (χ2n) is 5.14. The summed E-state index contributed by atoms with van der Waals surface area (Å²) in [6.45, 7) is 1.85. The summed E-state index contributed by atoms with van der Waals surface area (Å²) >= 11 is 6.08. The number of hydrogen-bond donors (Lipinski definition) is 1. The predicted molar refractivity (Wildman–Crippen MR) is 86.1 cm³/mol. The Bertz CT molecular complexity index is 732. The minimum absolute atomic E-state index is 0.167. The van der Waals surface area contributed by atoms with Crippen molar-refractivity contribution < 1.29 is 8.78 Å². The van der Waals surface area contributed by atoms with E-state index in [-0.39, 0.29) is 5.56 Å². The van der Waals surface area contributed by atoms with Crippen molar-refractivity contribution in [3.05, 3.63) is 46.6 Å². The fraction of sp³-hybridized carbons (Fsp3) is 0.267. The second-order valence-corrected chi connectivity index (χ2v) is 5.49. The van der Waals surface area contributed by atoms with Crippen LogP contribution in [0.5, 0.6) is 0 Å². The summed E-state index contributed by atoms with van der Waals surface area (Å²) in [7, 11) is 0. The van der Waals surface area contributed by atoms with Gasteiger partial charge < -0.3 is 4.90 Å². The number of halogens is 3. The average molecular weight is 338 g/mol. The van der Waals surface area contributed by atoms with Gasteiger partial charge in [-0.25, -0.2) is 8.78 Å². The van der Waals surface area contributed by atoms with E-state index < -0.39 is 11.6 Å². The maximum atomic E-state index is 13.5. The van der Waals surface area contributed by atoms with Crippen LogP contribution in [0.3, 0.4) is 0 Å². The number of nitrogens with zero attached hydrogens (tertiary/aromatic N) is 4. The molecule has 0 spiro atoms. The zero-order chi connectivity index (χ0) is 16.2. The van der Waals surface area contributed by atoms with E-state index in [1.807, 2.05) is 0 Å². The number of hydrogen-bond acceptors (Lipinski definition) is 5. The lowest BCUT2D eigenvalue weighted by atomic mass is 10.2. The van der Waals surface area contributed by atoms with E-state index in [1.54, 1.807) is 6.07 Å². The Morgan fingerprint density at radius 1 is 1.17 bits per heavy atom. The van der Waals surface area contributed by atoms with Crippen molar-refractivity contribution in [3.63, 3.8) is 0 Å². The molecule has 1 aromatic heterocycles. The van der Waals surface area contributed by atoms with Crippen molar-refractivity contribution in [3.8, 4) is 0 Å². The zero-order valence-corrected chi connectivity index (χ0v) is 12.9. The molecular weight excluding hydrogens is 324 g/mol. The van der Waals surface area contributed by atoms with Crippen molar-refractivity contribution in [1.82, 2.24) is 10.2 Å². The molecule has 8 heteroatoms. The number of aromatic nitrogens is 2. The van der Waals surface area contributed by atoms with Crippen LogP contribution in [0.4, 0.5) is 20.3 Å². The predicted octanol–water partition coefficient (Wildman–Crippen LogP) is 3.45. The van der Waals surface area contributed by atoms with Crippen LogP contribution < -0.4 is 10.3 Å². The highest BCUT2D eigenvalue weighted by atomic mass is 35.5. The van der Waals surface area contributed by atoms with Crippen molar-refractivity contribution >= 4 is 29.3 Å². The molecule has 1 aliphatic heterocycles. The molecule has 1 saturated heterocycles. The largest absolute Gasteiger partial charge is 0.369 e. The van der Waals surface area contributed by atoms with Gasteiger partial charge in [-0.1, -0.05) is 11.6 Å². The molecule has 0 aliphatic carbocycles. The highest BCUT2D eigenvalue weighted by molar-refractivity contribution is 6.32. The van der Waals surface area contributed by atoms with E-state index in [9.17, 15) is 8.78 Å². The van der Waals surface area contributed by atoms with Gasteiger partial charge in [0.1, 0.15) is 11.6 Å². The van der Waals surface area contributed by atoms with Crippen LogP contribution >= 0.6 is 11.6 Å². The fourth-order valence-electron chi connectivity index (χ4n) is 2.38. The van der Waals surface area contributed by atoms with E-state index in [4.69, 9.17) is 11.6 Å². The van der Waals surface area contributed by atoms with Crippen LogP contribution in [-0.2, 0) is 0 Å². The smallest absolute Gasteiger partial charge is 0.175 e. The molecule has 120 valence electrons. The van der Waals surface area contributed by atoms with Crippen LogP contribution in [0.1, 0.15) is 18.4 Å². The first-order valence-corrected chi connectivity index (χ1v) is 7.53. The standard InChI is InChI=1S/C15H14ClF2N5/c16-15-13(23-5-1-2-6-23)8-14(21-22-15)20-19-9-10-3-4-11(17)7-12(10)18/h3-4,7-9H,1-2,5-6H2,(H,20,21)/b19-9+. The Hall–Kier alpha value is -2.28. The van der Waals surface area contributed by atoms with Gasteiger partial charge in [0.05, 0.1) is 11.9 Å². The Morgan fingerprint density at radius 2 is 1.96 bits per heavy atom. The number of rotatable bonds is 4. The topological polar surface area (TPSA) is 53.4 Å². The SMILES string of the molecule is Fc1ccc(/C=N/Nc2cc(N3CCCC3)c(Cl)nn2)c(F)c1. The zero-order valence-electron chi connectivity index (χ0n) is 12.1. The highest BCUT2D eigenvalue weighted by Crippen LogP contribution is 2.28. The van der Waals surface area contributed by atoms with Crippen LogP contribution in [0.25, 0.3) is 0 Å². The van der Waals surface area contributed by atoms with E-state index in [2.05, 4.69) is 25.6 Å². The number of hydrazone groups is 1. The molecule has 2 aromatic rings. The third-order valence-corrected chi connectivity index (χ3v) is 3.79. The molecule has 0 amide bonds. The molecule has 0 bridgehead atoms. The maximum absolute atomic E-state index is 13.5. The van der Waals surface area contributed by atoms with Crippen LogP contribution in [0, 0.1) is 11.6 Å². The van der Waals surface area contributed by atoms with E-state index >= 15 is 0 Å². The Balaban J connectivity index is 1.72. The van der Waals surface area contributed by atoms with Gasteiger partial charge in [0.15, 0.2) is 11.0 Å². The lowest BCUT2D eigenvalue weighted by molar-refractivity contribution is 0.582. The monoisotopic (exact) mass is 337 g/mol. The second kappa shape index (κ2) is 6.87. The molecule has 0 atom stereocenters. The first-order valence-electron chi connectivity index (χ1n) is 7.16. The Morgan fingerprint density at radius 3 is 2.70 bits per heavy atom. The van der Waals surface area contributed by atoms with Crippen molar-refractivity contribution in [1.29, 1.82) is 0 Å². The molecule has 0 unspecified atom stereocenters. The minimum Gasteiger partial charge on any atom is -0.369 e. The molecule has 3 rings (SSSR count). The van der Waals surface area contributed by atoms with Crippen LogP contribution in [-0.4, -0.2) is 29.5 Å². The fourth-order valence-corrected chi connectivity index (χ4v) is 2.59. The summed E-state index contributed by atoms with van der Waals surface area (Å²) < 4.78 is 26.3. The van der Waals surface area contributed by atoms with Gasteiger partial charge in [-0.3, -0.25) is 5.43 Å². The summed E-state index contributed by atoms with van der Waals surface area (Å²) in [5.74, 6) is -0.919. The van der Waals surface area contributed by atoms with Crippen LogP contribution in [0.2, 0.25) is 5.15 Å². The Kier molecular flexibility index (Phi) is 4.66. The van der Waals surface area contributed by atoms with E-state index in [1.165, 1.54) is 12.3 Å². The third kappa shape index (κ3) is 3.73.